The summed E-state index contributed by atoms with van der Waals surface area (Å²) in [6, 6.07) is 17.3. The van der Waals surface area contributed by atoms with Gasteiger partial charge in [-0.3, -0.25) is 4.79 Å². The summed E-state index contributed by atoms with van der Waals surface area (Å²) in [5, 5.41) is 0. The lowest BCUT2D eigenvalue weighted by molar-refractivity contribution is 0.112. The van der Waals surface area contributed by atoms with Crippen LogP contribution >= 0.6 is 0 Å². The molecule has 114 valence electrons. The zero-order valence-electron chi connectivity index (χ0n) is 13.2. The minimum Gasteiger partial charge on any atom is -0.300 e. The summed E-state index contributed by atoms with van der Waals surface area (Å²) in [6.45, 7) is 4.75. The van der Waals surface area contributed by atoms with E-state index in [1.54, 1.807) is 0 Å². The quantitative estimate of drug-likeness (QED) is 0.770. The first-order valence-electron chi connectivity index (χ1n) is 8.15. The van der Waals surface area contributed by atoms with Crippen molar-refractivity contribution in [3.8, 4) is 11.1 Å². The van der Waals surface area contributed by atoms with E-state index in [0.717, 1.165) is 36.4 Å². The maximum absolute atomic E-state index is 10.7. The molecule has 0 aliphatic carbocycles. The molecule has 2 heteroatoms. The average Bonchev–Trinajstić information content (AvgIpc) is 2.99. The van der Waals surface area contributed by atoms with Gasteiger partial charge in [0.1, 0.15) is 6.29 Å². The average molecular weight is 293 g/mol. The smallest absolute Gasteiger partial charge is 0.150 e. The van der Waals surface area contributed by atoms with Crippen molar-refractivity contribution >= 4 is 6.29 Å². The first-order chi connectivity index (χ1) is 10.8. The molecule has 1 fully saturated rings. The van der Waals surface area contributed by atoms with Gasteiger partial charge in [0.05, 0.1) is 0 Å². The summed E-state index contributed by atoms with van der Waals surface area (Å²) in [6.07, 6.45) is 4.69. The van der Waals surface area contributed by atoms with E-state index in [0.29, 0.717) is 0 Å². The van der Waals surface area contributed by atoms with Gasteiger partial charge in [-0.15, -0.1) is 0 Å². The van der Waals surface area contributed by atoms with Crippen LogP contribution in [-0.2, 0) is 6.42 Å². The summed E-state index contributed by atoms with van der Waals surface area (Å²) in [4.78, 5) is 13.3. The number of hydrogen-bond acceptors (Lipinski definition) is 2. The molecule has 2 aromatic carbocycles. The lowest BCUT2D eigenvalue weighted by Crippen LogP contribution is -2.28. The standard InChI is InChI=1S/C20H23NO/c1-16-3-2-13-21(16)14-12-17-4-8-19(9-5-17)20-10-6-18(15-22)7-11-20/h4-11,15-16H,2-3,12-14H2,1H3. The number of nitrogens with zero attached hydrogens (tertiary/aromatic N) is 1. The van der Waals surface area contributed by atoms with Gasteiger partial charge >= 0.3 is 0 Å². The van der Waals surface area contributed by atoms with Crippen LogP contribution in [0.3, 0.4) is 0 Å². The molecule has 0 amide bonds. The van der Waals surface area contributed by atoms with Crippen LogP contribution in [0.1, 0.15) is 35.7 Å². The van der Waals surface area contributed by atoms with Crippen LogP contribution in [0.2, 0.25) is 0 Å². The molecule has 1 atom stereocenters. The van der Waals surface area contributed by atoms with Crippen molar-refractivity contribution in [1.82, 2.24) is 4.90 Å². The number of carbonyl (C=O) groups is 1. The molecule has 0 spiro atoms. The summed E-state index contributed by atoms with van der Waals surface area (Å²) in [5.41, 5.74) is 4.48. The van der Waals surface area contributed by atoms with Crippen LogP contribution in [0.4, 0.5) is 0 Å². The van der Waals surface area contributed by atoms with E-state index >= 15 is 0 Å². The highest BCUT2D eigenvalue weighted by atomic mass is 16.1. The zero-order valence-corrected chi connectivity index (χ0v) is 13.2. The van der Waals surface area contributed by atoms with Gasteiger partial charge in [0.25, 0.3) is 0 Å². The third kappa shape index (κ3) is 3.45. The SMILES string of the molecule is CC1CCCN1CCc1ccc(-c2ccc(C=O)cc2)cc1. The normalized spacial score (nSPS) is 18.5. The Morgan fingerprint density at radius 1 is 1.05 bits per heavy atom. The van der Waals surface area contributed by atoms with Gasteiger partial charge in [0.2, 0.25) is 0 Å². The van der Waals surface area contributed by atoms with Crippen molar-refractivity contribution in [2.45, 2.75) is 32.2 Å². The molecule has 2 nitrogen and oxygen atoms in total. The van der Waals surface area contributed by atoms with Crippen molar-refractivity contribution in [2.24, 2.45) is 0 Å². The highest BCUT2D eigenvalue weighted by Gasteiger charge is 2.19. The molecule has 0 aromatic heterocycles. The molecule has 1 heterocycles. The second kappa shape index (κ2) is 6.89. The summed E-state index contributed by atoms with van der Waals surface area (Å²) in [7, 11) is 0. The highest BCUT2D eigenvalue weighted by molar-refractivity contribution is 5.76. The van der Waals surface area contributed by atoms with Crippen molar-refractivity contribution in [3.63, 3.8) is 0 Å². The van der Waals surface area contributed by atoms with Crippen molar-refractivity contribution < 1.29 is 4.79 Å². The number of likely N-dealkylation sites (tertiary alicyclic amines) is 1. The van der Waals surface area contributed by atoms with E-state index in [-0.39, 0.29) is 0 Å². The lowest BCUT2D eigenvalue weighted by atomic mass is 10.0. The number of aldehydes is 1. The van der Waals surface area contributed by atoms with Gasteiger partial charge in [0, 0.05) is 18.2 Å². The largest absolute Gasteiger partial charge is 0.300 e. The predicted octanol–water partition coefficient (Wildman–Crippen LogP) is 4.19. The summed E-state index contributed by atoms with van der Waals surface area (Å²) >= 11 is 0. The molecule has 1 unspecified atom stereocenters. The van der Waals surface area contributed by atoms with Gasteiger partial charge in [-0.1, -0.05) is 48.5 Å². The summed E-state index contributed by atoms with van der Waals surface area (Å²) < 4.78 is 0. The van der Waals surface area contributed by atoms with Crippen molar-refractivity contribution in [3.05, 3.63) is 59.7 Å². The lowest BCUT2D eigenvalue weighted by Gasteiger charge is -2.20. The molecule has 3 rings (SSSR count). The van der Waals surface area contributed by atoms with Crippen LogP contribution < -0.4 is 0 Å². The van der Waals surface area contributed by atoms with E-state index in [9.17, 15) is 4.79 Å². The molecule has 0 N–H and O–H groups in total. The molecule has 22 heavy (non-hydrogen) atoms. The minimum atomic E-state index is 0.722. The minimum absolute atomic E-state index is 0.722. The third-order valence-electron chi connectivity index (χ3n) is 4.71. The number of carbonyl (C=O) groups excluding carboxylic acids is 1. The van der Waals surface area contributed by atoms with Gasteiger partial charge in [-0.2, -0.15) is 0 Å². The number of hydrogen-bond donors (Lipinski definition) is 0. The zero-order chi connectivity index (χ0) is 15.4. The fourth-order valence-corrected chi connectivity index (χ4v) is 3.22. The Bertz CT molecular complexity index is 615. The Morgan fingerprint density at radius 2 is 1.68 bits per heavy atom. The fourth-order valence-electron chi connectivity index (χ4n) is 3.22. The molecule has 0 saturated carbocycles. The maximum Gasteiger partial charge on any atom is 0.150 e. The van der Waals surface area contributed by atoms with E-state index < -0.39 is 0 Å². The van der Waals surface area contributed by atoms with E-state index in [2.05, 4.69) is 36.1 Å². The van der Waals surface area contributed by atoms with E-state index in [1.165, 1.54) is 30.5 Å². The molecule has 1 saturated heterocycles. The number of benzene rings is 2. The molecule has 0 radical (unpaired) electrons. The van der Waals surface area contributed by atoms with Crippen molar-refractivity contribution in [2.75, 3.05) is 13.1 Å². The topological polar surface area (TPSA) is 20.3 Å². The highest BCUT2D eigenvalue weighted by Crippen LogP contribution is 2.21. The molecule has 0 bridgehead atoms. The Morgan fingerprint density at radius 3 is 2.23 bits per heavy atom. The van der Waals surface area contributed by atoms with Gasteiger partial charge in [0.15, 0.2) is 0 Å². The van der Waals surface area contributed by atoms with Crippen LogP contribution in [0.5, 0.6) is 0 Å². The fraction of sp³-hybridized carbons (Fsp3) is 0.350. The monoisotopic (exact) mass is 293 g/mol. The molecule has 2 aromatic rings. The Hall–Kier alpha value is -1.93. The molecular weight excluding hydrogens is 270 g/mol. The Balaban J connectivity index is 1.63. The van der Waals surface area contributed by atoms with Crippen LogP contribution in [0, 0.1) is 0 Å². The van der Waals surface area contributed by atoms with E-state index in [4.69, 9.17) is 0 Å². The third-order valence-corrected chi connectivity index (χ3v) is 4.71. The van der Waals surface area contributed by atoms with Crippen LogP contribution in [-0.4, -0.2) is 30.3 Å². The predicted molar refractivity (Wildman–Crippen MR) is 91.2 cm³/mol. The van der Waals surface area contributed by atoms with E-state index in [1.807, 2.05) is 24.3 Å². The van der Waals surface area contributed by atoms with Crippen molar-refractivity contribution in [1.29, 1.82) is 0 Å². The first-order valence-corrected chi connectivity index (χ1v) is 8.15. The molecular formula is C20H23NO. The molecule has 1 aliphatic heterocycles. The Labute approximate surface area is 132 Å². The van der Waals surface area contributed by atoms with Crippen LogP contribution in [0.15, 0.2) is 48.5 Å². The van der Waals surface area contributed by atoms with Gasteiger partial charge in [-0.05, 0) is 49.4 Å². The number of rotatable bonds is 5. The van der Waals surface area contributed by atoms with Crippen LogP contribution in [0.25, 0.3) is 11.1 Å². The Kier molecular flexibility index (Phi) is 4.69. The summed E-state index contributed by atoms with van der Waals surface area (Å²) in [5.74, 6) is 0. The first kappa shape index (κ1) is 15.0. The molecule has 1 aliphatic rings. The maximum atomic E-state index is 10.7. The van der Waals surface area contributed by atoms with Gasteiger partial charge < -0.3 is 4.90 Å². The second-order valence-electron chi connectivity index (χ2n) is 6.21. The van der Waals surface area contributed by atoms with Gasteiger partial charge in [-0.25, -0.2) is 0 Å². The second-order valence-corrected chi connectivity index (χ2v) is 6.21.